The number of alkyl halides is 6. The number of benzene rings is 2. The highest BCUT2D eigenvalue weighted by molar-refractivity contribution is 5.68. The van der Waals surface area contributed by atoms with Gasteiger partial charge in [-0.3, -0.25) is 10.1 Å². The largest absolute Gasteiger partial charge is 0.426 e. The van der Waals surface area contributed by atoms with E-state index in [4.69, 9.17) is 13.9 Å². The van der Waals surface area contributed by atoms with Crippen LogP contribution in [-0.2, 0) is 34.5 Å². The van der Waals surface area contributed by atoms with Crippen molar-refractivity contribution in [1.29, 1.82) is 0 Å². The Hall–Kier alpha value is -4.83. The number of hydrogen-bond donors (Lipinski definition) is 0. The van der Waals surface area contributed by atoms with E-state index in [1.807, 2.05) is 18.2 Å². The number of anilines is 1. The van der Waals surface area contributed by atoms with Crippen molar-refractivity contribution in [3.8, 4) is 11.6 Å². The summed E-state index contributed by atoms with van der Waals surface area (Å²) in [5, 5.41) is 19.2. The lowest BCUT2D eigenvalue weighted by Crippen LogP contribution is -2.45. The van der Waals surface area contributed by atoms with E-state index in [1.54, 1.807) is 42.5 Å². The number of halogens is 6. The second-order valence-corrected chi connectivity index (χ2v) is 10.8. The van der Waals surface area contributed by atoms with Crippen molar-refractivity contribution >= 4 is 11.5 Å². The molecule has 254 valence electrons. The normalized spacial score (nSPS) is 17.9. The monoisotopic (exact) mass is 677 g/mol. The van der Waals surface area contributed by atoms with Gasteiger partial charge in [-0.1, -0.05) is 72.8 Å². The van der Waals surface area contributed by atoms with E-state index in [2.05, 4.69) is 15.2 Å². The highest BCUT2D eigenvalue weighted by Crippen LogP contribution is 2.47. The zero-order valence-corrected chi connectivity index (χ0v) is 25.2. The van der Waals surface area contributed by atoms with Crippen molar-refractivity contribution in [3.05, 3.63) is 112 Å². The predicted octanol–water partition coefficient (Wildman–Crippen LogP) is 7.80. The molecule has 4 bridgehead atoms. The SMILES string of the molecule is O=[N+]([O-])c1cc(C(F)(F)F)c2nc1-c1nnc(o1)C(OCc1ccccc1)(C(F)(F)F)CC/C=C\CCN2CCOCc1ccccc1. The number of fused-ring (bicyclic) bond motifs is 5. The molecule has 1 atom stereocenters. The van der Waals surface area contributed by atoms with Gasteiger partial charge in [0.05, 0.1) is 24.7 Å². The maximum atomic E-state index is 14.9. The Bertz CT molecular complexity index is 1720. The molecule has 0 saturated heterocycles. The fourth-order valence-corrected chi connectivity index (χ4v) is 5.10. The van der Waals surface area contributed by atoms with Crippen molar-refractivity contribution in [2.24, 2.45) is 0 Å². The van der Waals surface area contributed by atoms with Crippen LogP contribution in [0.15, 0.2) is 83.3 Å². The molecular formula is C32H29F6N5O5. The summed E-state index contributed by atoms with van der Waals surface area (Å²) in [6.45, 7) is -0.554. The van der Waals surface area contributed by atoms with Gasteiger partial charge >= 0.3 is 18.0 Å². The first kappa shape index (κ1) is 34.5. The van der Waals surface area contributed by atoms with Crippen LogP contribution in [0.25, 0.3) is 11.6 Å². The van der Waals surface area contributed by atoms with E-state index in [0.717, 1.165) is 5.56 Å². The fourth-order valence-electron chi connectivity index (χ4n) is 5.10. The molecule has 48 heavy (non-hydrogen) atoms. The zero-order chi connectivity index (χ0) is 34.4. The summed E-state index contributed by atoms with van der Waals surface area (Å²) in [5.74, 6) is -2.66. The van der Waals surface area contributed by atoms with Crippen LogP contribution in [0.4, 0.5) is 37.8 Å². The van der Waals surface area contributed by atoms with E-state index in [9.17, 15) is 36.5 Å². The first-order valence-electron chi connectivity index (χ1n) is 14.8. The van der Waals surface area contributed by atoms with E-state index < -0.39 is 70.4 Å². The van der Waals surface area contributed by atoms with Crippen LogP contribution in [0, 0.1) is 10.1 Å². The minimum Gasteiger partial charge on any atom is -0.415 e. The number of nitro groups is 1. The number of pyridine rings is 1. The van der Waals surface area contributed by atoms with Crippen LogP contribution < -0.4 is 4.90 Å². The Morgan fingerprint density at radius 2 is 1.56 bits per heavy atom. The Kier molecular flexibility index (Phi) is 10.4. The Morgan fingerprint density at radius 3 is 2.19 bits per heavy atom. The van der Waals surface area contributed by atoms with Crippen LogP contribution in [-0.4, -0.2) is 46.0 Å². The quantitative estimate of drug-likeness (QED) is 0.0575. The van der Waals surface area contributed by atoms with E-state index in [0.29, 0.717) is 5.56 Å². The van der Waals surface area contributed by atoms with E-state index in [1.165, 1.54) is 17.1 Å². The molecule has 0 radical (unpaired) electrons. The van der Waals surface area contributed by atoms with Crippen LogP contribution in [0.3, 0.4) is 0 Å². The number of ether oxygens (including phenoxy) is 2. The number of nitrogens with zero attached hydrogens (tertiary/aromatic N) is 5. The number of rotatable bonds is 9. The molecule has 10 nitrogen and oxygen atoms in total. The lowest BCUT2D eigenvalue weighted by atomic mass is 9.95. The van der Waals surface area contributed by atoms with Gasteiger partial charge in [-0.25, -0.2) is 4.98 Å². The third-order valence-electron chi connectivity index (χ3n) is 7.56. The average Bonchev–Trinajstić information content (AvgIpc) is 3.54. The molecule has 3 heterocycles. The molecule has 0 spiro atoms. The van der Waals surface area contributed by atoms with Gasteiger partial charge in [0, 0.05) is 19.2 Å². The molecular weight excluding hydrogens is 648 g/mol. The standard InChI is InChI=1S/C32H29F6N5O5/c33-31(34,35)24-19-25(43(44)45)26-28-40-41-29(48-28)30(32(36,37)38,47-21-23-13-7-4-8-14-23)15-9-1-2-10-16-42(27(24)39-26)17-18-46-20-22-11-5-3-6-12-22/h1-8,11-14,19H,9-10,15-18,20-21H2/b2-1-. The topological polar surface area (TPSA) is 117 Å². The third kappa shape index (κ3) is 7.82. The smallest absolute Gasteiger partial charge is 0.415 e. The van der Waals surface area contributed by atoms with Gasteiger partial charge in [-0.05, 0) is 30.4 Å². The molecule has 0 saturated carbocycles. The highest BCUT2D eigenvalue weighted by Gasteiger charge is 2.61. The first-order chi connectivity index (χ1) is 22.9. The lowest BCUT2D eigenvalue weighted by Gasteiger charge is -2.32. The van der Waals surface area contributed by atoms with Gasteiger partial charge in [0.2, 0.25) is 11.3 Å². The molecule has 4 aromatic rings. The van der Waals surface area contributed by atoms with Gasteiger partial charge in [-0.2, -0.15) is 26.3 Å². The number of aromatic nitrogens is 3. The molecule has 1 aliphatic rings. The Morgan fingerprint density at radius 1 is 0.917 bits per heavy atom. The first-order valence-corrected chi connectivity index (χ1v) is 14.8. The second kappa shape index (κ2) is 14.5. The summed E-state index contributed by atoms with van der Waals surface area (Å²) in [4.78, 5) is 16.1. The predicted molar refractivity (Wildman–Crippen MR) is 159 cm³/mol. The Labute approximate surface area is 270 Å². The maximum absolute atomic E-state index is 14.9. The molecule has 0 N–H and O–H groups in total. The molecule has 16 heteroatoms. The average molecular weight is 678 g/mol. The van der Waals surface area contributed by atoms with Gasteiger partial charge < -0.3 is 18.8 Å². The summed E-state index contributed by atoms with van der Waals surface area (Å²) >= 11 is 0. The van der Waals surface area contributed by atoms with Crippen molar-refractivity contribution < 1.29 is 45.2 Å². The summed E-state index contributed by atoms with van der Waals surface area (Å²) in [6, 6.07) is 17.4. The lowest BCUT2D eigenvalue weighted by molar-refractivity contribution is -0.384. The molecule has 1 aliphatic heterocycles. The summed E-state index contributed by atoms with van der Waals surface area (Å²) in [7, 11) is 0. The summed E-state index contributed by atoms with van der Waals surface area (Å²) in [5.41, 5.74) is -5.35. The van der Waals surface area contributed by atoms with Crippen LogP contribution >= 0.6 is 0 Å². The van der Waals surface area contributed by atoms with Gasteiger partial charge in [-0.15, -0.1) is 10.2 Å². The van der Waals surface area contributed by atoms with Gasteiger partial charge in [0.1, 0.15) is 11.4 Å². The highest BCUT2D eigenvalue weighted by atomic mass is 19.4. The third-order valence-corrected chi connectivity index (χ3v) is 7.56. The van der Waals surface area contributed by atoms with Crippen molar-refractivity contribution in [3.63, 3.8) is 0 Å². The van der Waals surface area contributed by atoms with Crippen LogP contribution in [0.5, 0.6) is 0 Å². The number of allylic oxidation sites excluding steroid dienone is 1. The second-order valence-electron chi connectivity index (χ2n) is 10.8. The van der Waals surface area contributed by atoms with E-state index >= 15 is 0 Å². The van der Waals surface area contributed by atoms with Crippen molar-refractivity contribution in [2.45, 2.75) is 50.4 Å². The summed E-state index contributed by atoms with van der Waals surface area (Å²) in [6.07, 6.45) is -8.01. The Balaban J connectivity index is 1.59. The van der Waals surface area contributed by atoms with Crippen LogP contribution in [0.2, 0.25) is 0 Å². The molecule has 0 fully saturated rings. The molecule has 0 aliphatic carbocycles. The maximum Gasteiger partial charge on any atom is 0.426 e. The molecule has 0 amide bonds. The molecule has 1 unspecified atom stereocenters. The number of hydrogen-bond acceptors (Lipinski definition) is 9. The summed E-state index contributed by atoms with van der Waals surface area (Å²) < 4.78 is 104. The minimum absolute atomic E-state index is 0.0402. The van der Waals surface area contributed by atoms with Gasteiger partial charge in [0.15, 0.2) is 0 Å². The fraction of sp³-hybridized carbons (Fsp3) is 0.344. The molecule has 2 aromatic carbocycles. The van der Waals surface area contributed by atoms with Crippen molar-refractivity contribution in [2.75, 3.05) is 24.6 Å². The molecule has 5 rings (SSSR count). The van der Waals surface area contributed by atoms with E-state index in [-0.39, 0.29) is 45.2 Å². The minimum atomic E-state index is -5.11. The van der Waals surface area contributed by atoms with Gasteiger partial charge in [0.25, 0.3) is 11.8 Å². The molecule has 2 aromatic heterocycles. The van der Waals surface area contributed by atoms with Crippen LogP contribution in [0.1, 0.15) is 41.8 Å². The zero-order valence-electron chi connectivity index (χ0n) is 25.2. The van der Waals surface area contributed by atoms with Crippen molar-refractivity contribution in [1.82, 2.24) is 15.2 Å².